The molecular weight excluding hydrogens is 420 g/mol. The van der Waals surface area contributed by atoms with E-state index in [2.05, 4.69) is 19.9 Å². The van der Waals surface area contributed by atoms with E-state index in [1.165, 1.54) is 22.7 Å². The van der Waals surface area contributed by atoms with E-state index >= 15 is 0 Å². The van der Waals surface area contributed by atoms with Crippen LogP contribution in [0.5, 0.6) is 11.8 Å². The van der Waals surface area contributed by atoms with Crippen LogP contribution in [-0.2, 0) is 12.8 Å². The smallest absolute Gasteiger partial charge is 0.216 e. The largest absolute Gasteiger partial charge is 0.481 e. The summed E-state index contributed by atoms with van der Waals surface area (Å²) in [4.78, 5) is 18.5. The summed E-state index contributed by atoms with van der Waals surface area (Å²) < 4.78 is 10.3. The van der Waals surface area contributed by atoms with Crippen LogP contribution in [0.3, 0.4) is 0 Å². The zero-order chi connectivity index (χ0) is 21.3. The van der Waals surface area contributed by atoms with Gasteiger partial charge in [-0.2, -0.15) is 0 Å². The van der Waals surface area contributed by atoms with Crippen LogP contribution >= 0.6 is 22.7 Å². The Kier molecular flexibility index (Phi) is 7.52. The molecule has 0 unspecified atom stereocenters. The lowest BCUT2D eigenvalue weighted by molar-refractivity contribution is 0.393. The third-order valence-corrected chi connectivity index (χ3v) is 5.61. The Morgan fingerprint density at radius 2 is 1.17 bits per heavy atom. The molecule has 4 aromatic heterocycles. The van der Waals surface area contributed by atoms with Gasteiger partial charge in [0.2, 0.25) is 11.8 Å². The van der Waals surface area contributed by atoms with Crippen LogP contribution in [0.4, 0.5) is 10.3 Å². The Labute approximate surface area is 182 Å². The van der Waals surface area contributed by atoms with Gasteiger partial charge in [0.25, 0.3) is 0 Å². The lowest BCUT2D eigenvalue weighted by atomic mass is 10.2. The minimum Gasteiger partial charge on any atom is -0.481 e. The second-order valence-corrected chi connectivity index (χ2v) is 8.32. The molecule has 0 saturated heterocycles. The van der Waals surface area contributed by atoms with Crippen LogP contribution in [0.15, 0.2) is 49.1 Å². The molecule has 8 nitrogen and oxygen atoms in total. The summed E-state index contributed by atoms with van der Waals surface area (Å²) in [6.45, 7) is 0. The van der Waals surface area contributed by atoms with E-state index in [-0.39, 0.29) is 0 Å². The summed E-state index contributed by atoms with van der Waals surface area (Å²) >= 11 is 2.97. The minimum atomic E-state index is 0.591. The molecule has 0 aliphatic heterocycles. The molecule has 0 fully saturated rings. The van der Waals surface area contributed by atoms with E-state index < -0.39 is 0 Å². The van der Waals surface area contributed by atoms with Crippen molar-refractivity contribution in [1.82, 2.24) is 19.9 Å². The lowest BCUT2D eigenvalue weighted by Gasteiger charge is -2.04. The molecule has 4 aromatic rings. The minimum absolute atomic E-state index is 0.591. The highest BCUT2D eigenvalue weighted by Gasteiger charge is 2.07. The maximum atomic E-state index is 5.56. The summed E-state index contributed by atoms with van der Waals surface area (Å²) in [6.07, 6.45) is 8.50. The van der Waals surface area contributed by atoms with Crippen molar-refractivity contribution in [3.63, 3.8) is 0 Å². The molecule has 0 radical (unpaired) electrons. The van der Waals surface area contributed by atoms with E-state index in [9.17, 15) is 0 Å². The van der Waals surface area contributed by atoms with Gasteiger partial charge in [-0.15, -0.1) is 22.7 Å². The first-order valence-electron chi connectivity index (χ1n) is 8.95. The lowest BCUT2D eigenvalue weighted by Crippen LogP contribution is -1.94. The number of hydrogen-bond acceptors (Lipinski definition) is 10. The number of nitrogen functional groups attached to an aromatic ring is 2. The third kappa shape index (κ3) is 5.88. The zero-order valence-electron chi connectivity index (χ0n) is 16.6. The maximum absolute atomic E-state index is 5.56. The fourth-order valence-electron chi connectivity index (χ4n) is 2.67. The monoisotopic (exact) mass is 442 g/mol. The number of pyridine rings is 2. The number of thiazole rings is 2. The topological polar surface area (TPSA) is 122 Å². The van der Waals surface area contributed by atoms with Gasteiger partial charge in [0, 0.05) is 58.5 Å². The molecule has 4 N–H and O–H groups in total. The summed E-state index contributed by atoms with van der Waals surface area (Å²) in [5, 5.41) is 1.18. The summed E-state index contributed by atoms with van der Waals surface area (Å²) in [5.74, 6) is 1.31. The van der Waals surface area contributed by atoms with E-state index in [0.717, 1.165) is 33.7 Å². The van der Waals surface area contributed by atoms with Crippen LogP contribution in [0.2, 0.25) is 0 Å². The number of hydrogen-bond donors (Lipinski definition) is 2. The second-order valence-electron chi connectivity index (χ2n) is 6.03. The van der Waals surface area contributed by atoms with Gasteiger partial charge in [-0.05, 0) is 12.1 Å². The molecule has 10 heteroatoms. The molecule has 4 heterocycles. The summed E-state index contributed by atoms with van der Waals surface area (Å²) in [7, 11) is 3.24. The van der Waals surface area contributed by atoms with Crippen molar-refractivity contribution < 1.29 is 9.47 Å². The number of ether oxygens (including phenoxy) is 2. The Balaban J connectivity index is 0.000000171. The normalized spacial score (nSPS) is 10.2. The first-order chi connectivity index (χ1) is 14.6. The van der Waals surface area contributed by atoms with Crippen molar-refractivity contribution in [2.75, 3.05) is 25.7 Å². The highest BCUT2D eigenvalue weighted by atomic mass is 32.1. The molecule has 0 saturated carbocycles. The predicted molar refractivity (Wildman–Crippen MR) is 120 cm³/mol. The van der Waals surface area contributed by atoms with Crippen molar-refractivity contribution in [1.29, 1.82) is 0 Å². The van der Waals surface area contributed by atoms with Crippen molar-refractivity contribution in [3.8, 4) is 11.8 Å². The highest BCUT2D eigenvalue weighted by Crippen LogP contribution is 2.23. The standard InChI is InChI=1S/2C10H11N3OS/c2*1-14-9-7(3-2-4-12-9)5-8-6-13-10(11)15-8/h2*2-4,6H,5H2,1H3,(H2,11,13). The van der Waals surface area contributed by atoms with Crippen molar-refractivity contribution in [3.05, 3.63) is 69.9 Å². The van der Waals surface area contributed by atoms with Crippen LogP contribution in [0, 0.1) is 0 Å². The molecule has 0 aromatic carbocycles. The van der Waals surface area contributed by atoms with Crippen molar-refractivity contribution >= 4 is 32.9 Å². The van der Waals surface area contributed by atoms with E-state index in [4.69, 9.17) is 20.9 Å². The Morgan fingerprint density at radius 3 is 1.50 bits per heavy atom. The van der Waals surface area contributed by atoms with E-state index in [0.29, 0.717) is 22.0 Å². The molecule has 0 atom stereocenters. The molecule has 0 aliphatic carbocycles. The van der Waals surface area contributed by atoms with Crippen molar-refractivity contribution in [2.45, 2.75) is 12.8 Å². The molecule has 0 bridgehead atoms. The van der Waals surface area contributed by atoms with Crippen molar-refractivity contribution in [2.24, 2.45) is 0 Å². The first-order valence-corrected chi connectivity index (χ1v) is 10.6. The number of nitrogens with two attached hydrogens (primary N) is 2. The first kappa shape index (κ1) is 21.5. The van der Waals surface area contributed by atoms with Gasteiger partial charge in [-0.1, -0.05) is 12.1 Å². The average molecular weight is 443 g/mol. The molecule has 0 spiro atoms. The maximum Gasteiger partial charge on any atom is 0.216 e. The molecule has 30 heavy (non-hydrogen) atoms. The average Bonchev–Trinajstić information content (AvgIpc) is 3.37. The van der Waals surface area contributed by atoms with Crippen LogP contribution in [-0.4, -0.2) is 34.2 Å². The number of aromatic nitrogens is 4. The Bertz CT molecular complexity index is 997. The van der Waals surface area contributed by atoms with Crippen LogP contribution in [0.1, 0.15) is 20.9 Å². The summed E-state index contributed by atoms with van der Waals surface area (Å²) in [6, 6.07) is 7.76. The van der Waals surface area contributed by atoms with Crippen LogP contribution in [0.25, 0.3) is 0 Å². The molecular formula is C20H22N6O2S2. The van der Waals surface area contributed by atoms with E-state index in [1.54, 1.807) is 39.0 Å². The number of methoxy groups -OCH3 is 2. The molecule has 4 rings (SSSR count). The Morgan fingerprint density at radius 1 is 0.733 bits per heavy atom. The number of rotatable bonds is 6. The van der Waals surface area contributed by atoms with Crippen LogP contribution < -0.4 is 20.9 Å². The van der Waals surface area contributed by atoms with Gasteiger partial charge in [-0.25, -0.2) is 19.9 Å². The SMILES string of the molecule is COc1ncccc1Cc1cnc(N)s1.COc1ncccc1Cc1cnc(N)s1. The third-order valence-electron chi connectivity index (χ3n) is 3.96. The predicted octanol–water partition coefficient (Wildman–Crippen LogP) is 3.44. The van der Waals surface area contributed by atoms with Gasteiger partial charge in [0.05, 0.1) is 14.2 Å². The quantitative estimate of drug-likeness (QED) is 0.466. The van der Waals surface area contributed by atoms with Gasteiger partial charge in [0.1, 0.15) is 0 Å². The van der Waals surface area contributed by atoms with Gasteiger partial charge in [-0.3, -0.25) is 0 Å². The fraction of sp³-hybridized carbons (Fsp3) is 0.200. The van der Waals surface area contributed by atoms with Gasteiger partial charge < -0.3 is 20.9 Å². The van der Waals surface area contributed by atoms with Gasteiger partial charge >= 0.3 is 0 Å². The fourth-order valence-corrected chi connectivity index (χ4v) is 4.08. The highest BCUT2D eigenvalue weighted by molar-refractivity contribution is 7.15. The number of anilines is 2. The van der Waals surface area contributed by atoms with E-state index in [1.807, 2.05) is 24.3 Å². The summed E-state index contributed by atoms with van der Waals surface area (Å²) in [5.41, 5.74) is 13.2. The number of nitrogens with zero attached hydrogens (tertiary/aromatic N) is 4. The molecule has 156 valence electrons. The second kappa shape index (κ2) is 10.5. The zero-order valence-corrected chi connectivity index (χ0v) is 18.2. The van der Waals surface area contributed by atoms with Gasteiger partial charge in [0.15, 0.2) is 10.3 Å². The Hall–Kier alpha value is -3.24. The molecule has 0 aliphatic rings. The molecule has 0 amide bonds.